The van der Waals surface area contributed by atoms with Crippen LogP contribution in [0.2, 0.25) is 0 Å². The van der Waals surface area contributed by atoms with Crippen LogP contribution in [-0.4, -0.2) is 17.5 Å². The summed E-state index contributed by atoms with van der Waals surface area (Å²) in [5.41, 5.74) is -0.0601. The highest BCUT2D eigenvalue weighted by atomic mass is 16.6. The molecule has 0 aliphatic carbocycles. The van der Waals surface area contributed by atoms with Gasteiger partial charge >= 0.3 is 5.97 Å². The fourth-order valence-electron chi connectivity index (χ4n) is 1.84. The van der Waals surface area contributed by atoms with Crippen LogP contribution < -0.4 is 0 Å². The molecule has 114 valence electrons. The molecule has 0 rings (SSSR count). The van der Waals surface area contributed by atoms with Gasteiger partial charge in [0, 0.05) is 6.42 Å². The van der Waals surface area contributed by atoms with Crippen molar-refractivity contribution in [1.29, 1.82) is 0 Å². The van der Waals surface area contributed by atoms with Crippen molar-refractivity contribution in [3.05, 3.63) is 34.5 Å². The Kier molecular flexibility index (Phi) is 11.4. The van der Waals surface area contributed by atoms with E-state index in [1.165, 1.54) is 6.42 Å². The first-order valence-electron chi connectivity index (χ1n) is 7.24. The number of esters is 1. The van der Waals surface area contributed by atoms with Crippen molar-refractivity contribution in [3.8, 4) is 0 Å². The standard InChI is InChI=1S/C15H25NO4/c1-3-5-6-7-8-9-10-11-12-14(16(18)19)13-15(17)20-4-2/h3,13H,1,4-12H2,2H3/b14-13-. The fraction of sp³-hybridized carbons (Fsp3) is 0.667. The summed E-state index contributed by atoms with van der Waals surface area (Å²) in [6.07, 6.45) is 10.5. The number of allylic oxidation sites excluding steroid dienone is 2. The normalized spacial score (nSPS) is 11.2. The van der Waals surface area contributed by atoms with E-state index in [1.807, 2.05) is 6.08 Å². The van der Waals surface area contributed by atoms with Gasteiger partial charge in [0.15, 0.2) is 0 Å². The average molecular weight is 283 g/mol. The van der Waals surface area contributed by atoms with Gasteiger partial charge in [0.1, 0.15) is 0 Å². The Morgan fingerprint density at radius 1 is 1.20 bits per heavy atom. The predicted octanol–water partition coefficient (Wildman–Crippen LogP) is 4.02. The van der Waals surface area contributed by atoms with E-state index in [0.29, 0.717) is 6.42 Å². The van der Waals surface area contributed by atoms with Crippen LogP contribution in [0, 0.1) is 10.1 Å². The van der Waals surface area contributed by atoms with Gasteiger partial charge in [0.2, 0.25) is 0 Å². The van der Waals surface area contributed by atoms with Crippen LogP contribution in [0.1, 0.15) is 58.3 Å². The van der Waals surface area contributed by atoms with Crippen LogP contribution in [-0.2, 0) is 9.53 Å². The number of carbonyl (C=O) groups excluding carboxylic acids is 1. The third-order valence-corrected chi connectivity index (χ3v) is 2.90. The van der Waals surface area contributed by atoms with Crippen molar-refractivity contribution in [2.45, 2.75) is 58.3 Å². The molecule has 0 radical (unpaired) electrons. The van der Waals surface area contributed by atoms with E-state index in [-0.39, 0.29) is 12.3 Å². The first-order chi connectivity index (χ1) is 9.61. The summed E-state index contributed by atoms with van der Waals surface area (Å²) in [6, 6.07) is 0. The number of nitro groups is 1. The Morgan fingerprint density at radius 3 is 2.35 bits per heavy atom. The van der Waals surface area contributed by atoms with Crippen LogP contribution >= 0.6 is 0 Å². The number of unbranched alkanes of at least 4 members (excludes halogenated alkanes) is 6. The minimum absolute atomic E-state index is 0.0601. The van der Waals surface area contributed by atoms with Crippen LogP contribution in [0.5, 0.6) is 0 Å². The van der Waals surface area contributed by atoms with Gasteiger partial charge in [0.25, 0.3) is 5.70 Å². The lowest BCUT2D eigenvalue weighted by Gasteiger charge is -2.01. The summed E-state index contributed by atoms with van der Waals surface area (Å²) in [6.45, 7) is 5.57. The van der Waals surface area contributed by atoms with E-state index in [9.17, 15) is 14.9 Å². The molecule has 0 saturated heterocycles. The number of ether oxygens (including phenoxy) is 1. The third kappa shape index (κ3) is 10.3. The third-order valence-electron chi connectivity index (χ3n) is 2.90. The van der Waals surface area contributed by atoms with E-state index < -0.39 is 10.9 Å². The molecule has 0 aromatic carbocycles. The highest BCUT2D eigenvalue weighted by Crippen LogP contribution is 2.13. The number of hydrogen-bond donors (Lipinski definition) is 0. The Balaban J connectivity index is 3.85. The summed E-state index contributed by atoms with van der Waals surface area (Å²) in [5.74, 6) is -0.636. The van der Waals surface area contributed by atoms with E-state index >= 15 is 0 Å². The van der Waals surface area contributed by atoms with Crippen molar-refractivity contribution in [3.63, 3.8) is 0 Å². The van der Waals surface area contributed by atoms with Gasteiger partial charge in [-0.3, -0.25) is 10.1 Å². The molecule has 0 saturated carbocycles. The zero-order valence-electron chi connectivity index (χ0n) is 12.3. The SMILES string of the molecule is C=CCCCCCCCC/C(=C/C(=O)OCC)[N+](=O)[O-]. The van der Waals surface area contributed by atoms with Crippen LogP contribution in [0.15, 0.2) is 24.4 Å². The summed E-state index contributed by atoms with van der Waals surface area (Å²) < 4.78 is 4.68. The van der Waals surface area contributed by atoms with Gasteiger partial charge in [-0.25, -0.2) is 4.79 Å². The maximum atomic E-state index is 11.2. The Hall–Kier alpha value is -1.65. The van der Waals surface area contributed by atoms with Gasteiger partial charge < -0.3 is 4.74 Å². The van der Waals surface area contributed by atoms with E-state index in [4.69, 9.17) is 0 Å². The Bertz CT molecular complexity index is 337. The largest absolute Gasteiger partial charge is 0.463 e. The Labute approximate surface area is 120 Å². The summed E-state index contributed by atoms with van der Waals surface area (Å²) in [7, 11) is 0. The molecular formula is C15H25NO4. The van der Waals surface area contributed by atoms with Crippen LogP contribution in [0.4, 0.5) is 0 Å². The molecule has 0 atom stereocenters. The lowest BCUT2D eigenvalue weighted by molar-refractivity contribution is -0.428. The second kappa shape index (κ2) is 12.4. The number of rotatable bonds is 12. The highest BCUT2D eigenvalue weighted by molar-refractivity contribution is 5.82. The Morgan fingerprint density at radius 2 is 1.80 bits per heavy atom. The second-order valence-corrected chi connectivity index (χ2v) is 4.59. The summed E-state index contributed by atoms with van der Waals surface area (Å²) in [4.78, 5) is 21.5. The molecule has 5 nitrogen and oxygen atoms in total. The monoisotopic (exact) mass is 283 g/mol. The maximum absolute atomic E-state index is 11.2. The van der Waals surface area contributed by atoms with Gasteiger partial charge in [-0.15, -0.1) is 6.58 Å². The predicted molar refractivity (Wildman–Crippen MR) is 78.8 cm³/mol. The highest BCUT2D eigenvalue weighted by Gasteiger charge is 2.13. The molecular weight excluding hydrogens is 258 g/mol. The topological polar surface area (TPSA) is 69.4 Å². The number of hydrogen-bond acceptors (Lipinski definition) is 4. The van der Waals surface area contributed by atoms with E-state index in [2.05, 4.69) is 11.3 Å². The average Bonchev–Trinajstić information content (AvgIpc) is 2.40. The van der Waals surface area contributed by atoms with E-state index in [1.54, 1.807) is 6.92 Å². The van der Waals surface area contributed by atoms with Crippen molar-refractivity contribution in [2.75, 3.05) is 6.61 Å². The molecule has 0 spiro atoms. The van der Waals surface area contributed by atoms with E-state index in [0.717, 1.165) is 44.6 Å². The molecule has 0 bridgehead atoms. The number of nitrogens with zero attached hydrogens (tertiary/aromatic N) is 1. The molecule has 0 heterocycles. The van der Waals surface area contributed by atoms with Crippen LogP contribution in [0.3, 0.4) is 0 Å². The molecule has 0 aliphatic rings. The quantitative estimate of drug-likeness (QED) is 0.135. The lowest BCUT2D eigenvalue weighted by atomic mass is 10.1. The molecule has 5 heteroatoms. The van der Waals surface area contributed by atoms with Gasteiger partial charge in [0.05, 0.1) is 17.6 Å². The smallest absolute Gasteiger partial charge is 0.337 e. The van der Waals surface area contributed by atoms with Crippen molar-refractivity contribution in [2.24, 2.45) is 0 Å². The summed E-state index contributed by atoms with van der Waals surface area (Å²) >= 11 is 0. The molecule has 0 fully saturated rings. The van der Waals surface area contributed by atoms with Crippen molar-refractivity contribution >= 4 is 5.97 Å². The second-order valence-electron chi connectivity index (χ2n) is 4.59. The lowest BCUT2D eigenvalue weighted by Crippen LogP contribution is -2.06. The molecule has 0 aromatic rings. The summed E-state index contributed by atoms with van der Waals surface area (Å²) in [5, 5.41) is 10.8. The molecule has 0 aliphatic heterocycles. The van der Waals surface area contributed by atoms with Gasteiger partial charge in [-0.2, -0.15) is 0 Å². The van der Waals surface area contributed by atoms with Crippen molar-refractivity contribution in [1.82, 2.24) is 0 Å². The minimum Gasteiger partial charge on any atom is -0.463 e. The zero-order valence-corrected chi connectivity index (χ0v) is 12.3. The first kappa shape index (κ1) is 18.4. The molecule has 0 aromatic heterocycles. The fourth-order valence-corrected chi connectivity index (χ4v) is 1.84. The van der Waals surface area contributed by atoms with Crippen molar-refractivity contribution < 1.29 is 14.5 Å². The first-order valence-corrected chi connectivity index (χ1v) is 7.24. The minimum atomic E-state index is -0.636. The van der Waals surface area contributed by atoms with Crippen LogP contribution in [0.25, 0.3) is 0 Å². The van der Waals surface area contributed by atoms with Gasteiger partial charge in [-0.1, -0.05) is 31.8 Å². The van der Waals surface area contributed by atoms with Gasteiger partial charge in [-0.05, 0) is 26.2 Å². The molecule has 0 unspecified atom stereocenters. The molecule has 20 heavy (non-hydrogen) atoms. The molecule has 0 amide bonds. The molecule has 0 N–H and O–H groups in total. The number of carbonyl (C=O) groups is 1. The maximum Gasteiger partial charge on any atom is 0.337 e. The zero-order chi connectivity index (χ0) is 15.2.